The van der Waals surface area contributed by atoms with Gasteiger partial charge >= 0.3 is 0 Å². The molecular formula is C27H22ClNO6. The van der Waals surface area contributed by atoms with Crippen molar-refractivity contribution in [2.75, 3.05) is 24.7 Å². The molecular weight excluding hydrogens is 470 g/mol. The number of carbonyl (C=O) groups is 2. The van der Waals surface area contributed by atoms with E-state index in [4.69, 9.17) is 25.8 Å². The lowest BCUT2D eigenvalue weighted by atomic mass is 9.95. The van der Waals surface area contributed by atoms with E-state index in [2.05, 4.69) is 0 Å². The molecule has 1 N–H and O–H groups in total. The van der Waals surface area contributed by atoms with E-state index in [1.807, 2.05) is 37.3 Å². The summed E-state index contributed by atoms with van der Waals surface area (Å²) < 4.78 is 16.8. The highest BCUT2D eigenvalue weighted by Gasteiger charge is 2.47. The molecule has 0 radical (unpaired) electrons. The Bertz CT molecular complexity index is 1340. The Balaban J connectivity index is 1.67. The zero-order chi connectivity index (χ0) is 24.5. The van der Waals surface area contributed by atoms with Gasteiger partial charge in [-0.05, 0) is 42.8 Å². The summed E-state index contributed by atoms with van der Waals surface area (Å²) in [6.07, 6.45) is 0. The second-order valence-corrected chi connectivity index (χ2v) is 8.39. The fourth-order valence-corrected chi connectivity index (χ4v) is 4.48. The van der Waals surface area contributed by atoms with Crippen LogP contribution in [0.5, 0.6) is 17.2 Å². The highest BCUT2D eigenvalue weighted by atomic mass is 35.5. The average Bonchev–Trinajstić information content (AvgIpc) is 3.15. The zero-order valence-corrected chi connectivity index (χ0v) is 19.6. The molecule has 0 saturated carbocycles. The van der Waals surface area contributed by atoms with Crippen LogP contribution in [0.1, 0.15) is 24.1 Å². The number of hydrogen-bond donors (Lipinski definition) is 1. The van der Waals surface area contributed by atoms with Gasteiger partial charge in [-0.25, -0.2) is 0 Å². The quantitative estimate of drug-likeness (QED) is 0.302. The van der Waals surface area contributed by atoms with Gasteiger partial charge in [0.25, 0.3) is 11.7 Å². The van der Waals surface area contributed by atoms with Crippen LogP contribution in [-0.2, 0) is 9.59 Å². The fraction of sp³-hybridized carbons (Fsp3) is 0.185. The number of aliphatic hydroxyl groups excluding tert-OH is 1. The van der Waals surface area contributed by atoms with Gasteiger partial charge in [-0.3, -0.25) is 14.5 Å². The molecule has 3 aromatic carbocycles. The maximum Gasteiger partial charge on any atom is 0.300 e. The summed E-state index contributed by atoms with van der Waals surface area (Å²) in [5, 5.41) is 11.7. The molecule has 5 rings (SSSR count). The van der Waals surface area contributed by atoms with Crippen LogP contribution in [0.4, 0.5) is 5.69 Å². The highest BCUT2D eigenvalue weighted by molar-refractivity contribution is 6.51. The summed E-state index contributed by atoms with van der Waals surface area (Å²) >= 11 is 6.20. The second-order valence-electron chi connectivity index (χ2n) is 7.99. The van der Waals surface area contributed by atoms with Crippen molar-refractivity contribution in [2.45, 2.75) is 13.0 Å². The standard InChI is InChI=1S/C27H22ClNO6/c1-2-33-21-14-17(8-10-19(21)28)25(30)23-24(16-6-4-3-5-7-16)29(27(32)26(23)31)18-9-11-20-22(15-18)35-13-12-34-20/h3-11,14-15,24,30H,2,12-13H2,1H3/b25-23+. The Morgan fingerprint density at radius 3 is 2.51 bits per heavy atom. The lowest BCUT2D eigenvalue weighted by molar-refractivity contribution is -0.132. The number of rotatable bonds is 5. The molecule has 35 heavy (non-hydrogen) atoms. The van der Waals surface area contributed by atoms with Crippen LogP contribution < -0.4 is 19.1 Å². The van der Waals surface area contributed by atoms with Gasteiger partial charge in [0.2, 0.25) is 0 Å². The molecule has 0 spiro atoms. The molecule has 1 atom stereocenters. The maximum atomic E-state index is 13.3. The molecule has 1 saturated heterocycles. The summed E-state index contributed by atoms with van der Waals surface area (Å²) in [5.41, 5.74) is 1.41. The van der Waals surface area contributed by atoms with E-state index in [9.17, 15) is 14.7 Å². The predicted octanol–water partition coefficient (Wildman–Crippen LogP) is 5.14. The van der Waals surface area contributed by atoms with E-state index in [0.717, 1.165) is 0 Å². The SMILES string of the molecule is CCOc1cc(/C(O)=C2\C(=O)C(=O)N(c3ccc4c(c3)OCCO4)C2c2ccccc2)ccc1Cl. The minimum absolute atomic E-state index is 0.0270. The molecule has 0 aromatic heterocycles. The lowest BCUT2D eigenvalue weighted by Crippen LogP contribution is -2.29. The molecule has 1 unspecified atom stereocenters. The van der Waals surface area contributed by atoms with Gasteiger partial charge in [0.15, 0.2) is 11.5 Å². The number of Topliss-reactive ketones (excluding diaryl/α,β-unsaturated/α-hetero) is 1. The van der Waals surface area contributed by atoms with E-state index in [-0.39, 0.29) is 11.3 Å². The van der Waals surface area contributed by atoms with Crippen LogP contribution in [0.3, 0.4) is 0 Å². The predicted molar refractivity (Wildman–Crippen MR) is 131 cm³/mol. The van der Waals surface area contributed by atoms with Crippen molar-refractivity contribution in [3.63, 3.8) is 0 Å². The molecule has 1 fully saturated rings. The first-order valence-corrected chi connectivity index (χ1v) is 11.6. The Morgan fingerprint density at radius 2 is 1.77 bits per heavy atom. The van der Waals surface area contributed by atoms with E-state index in [1.54, 1.807) is 36.4 Å². The summed E-state index contributed by atoms with van der Waals surface area (Å²) in [4.78, 5) is 28.0. The Kier molecular flexibility index (Phi) is 6.09. The molecule has 1 amide bonds. The number of fused-ring (bicyclic) bond motifs is 1. The normalized spacial score (nSPS) is 18.6. The molecule has 2 aliphatic heterocycles. The number of benzene rings is 3. The van der Waals surface area contributed by atoms with E-state index in [0.29, 0.717) is 58.9 Å². The minimum Gasteiger partial charge on any atom is -0.507 e. The Labute approximate surface area is 207 Å². The lowest BCUT2D eigenvalue weighted by Gasteiger charge is -2.27. The summed E-state index contributed by atoms with van der Waals surface area (Å²) in [6.45, 7) is 3.02. The van der Waals surface area contributed by atoms with Gasteiger partial charge in [0, 0.05) is 17.3 Å². The van der Waals surface area contributed by atoms with Gasteiger partial charge in [-0.15, -0.1) is 0 Å². The number of aliphatic hydroxyl groups is 1. The first-order valence-electron chi connectivity index (χ1n) is 11.2. The molecule has 2 heterocycles. The number of nitrogens with zero attached hydrogens (tertiary/aromatic N) is 1. The Hall–Kier alpha value is -3.97. The molecule has 7 nitrogen and oxygen atoms in total. The number of ether oxygens (including phenoxy) is 3. The number of ketones is 1. The number of carbonyl (C=O) groups excluding carboxylic acids is 2. The van der Waals surface area contributed by atoms with E-state index in [1.165, 1.54) is 4.90 Å². The molecule has 8 heteroatoms. The number of anilines is 1. The van der Waals surface area contributed by atoms with Gasteiger partial charge in [-0.2, -0.15) is 0 Å². The summed E-state index contributed by atoms with van der Waals surface area (Å²) in [6, 6.07) is 18.0. The van der Waals surface area contributed by atoms with Crippen LogP contribution in [0, 0.1) is 0 Å². The molecule has 178 valence electrons. The van der Waals surface area contributed by atoms with Crippen molar-refractivity contribution in [3.05, 3.63) is 88.5 Å². The van der Waals surface area contributed by atoms with Crippen molar-refractivity contribution in [1.82, 2.24) is 0 Å². The minimum atomic E-state index is -0.856. The van der Waals surface area contributed by atoms with Crippen molar-refractivity contribution in [1.29, 1.82) is 0 Å². The topological polar surface area (TPSA) is 85.3 Å². The van der Waals surface area contributed by atoms with Crippen LogP contribution >= 0.6 is 11.6 Å². The number of halogens is 1. The molecule has 0 aliphatic carbocycles. The number of amides is 1. The monoisotopic (exact) mass is 491 g/mol. The summed E-state index contributed by atoms with van der Waals surface area (Å²) in [5.74, 6) is -0.431. The smallest absolute Gasteiger partial charge is 0.300 e. The van der Waals surface area contributed by atoms with Gasteiger partial charge in [0.1, 0.15) is 24.7 Å². The van der Waals surface area contributed by atoms with Crippen LogP contribution in [0.15, 0.2) is 72.3 Å². The van der Waals surface area contributed by atoms with Crippen molar-refractivity contribution in [3.8, 4) is 17.2 Å². The second kappa shape index (κ2) is 9.35. The van der Waals surface area contributed by atoms with E-state index < -0.39 is 17.7 Å². The number of hydrogen-bond acceptors (Lipinski definition) is 6. The fourth-order valence-electron chi connectivity index (χ4n) is 4.30. The highest BCUT2D eigenvalue weighted by Crippen LogP contribution is 2.44. The van der Waals surface area contributed by atoms with Crippen molar-refractivity contribution in [2.24, 2.45) is 0 Å². The first-order chi connectivity index (χ1) is 17.0. The van der Waals surface area contributed by atoms with Crippen LogP contribution in [0.25, 0.3) is 5.76 Å². The van der Waals surface area contributed by atoms with Crippen LogP contribution in [0.2, 0.25) is 5.02 Å². The first kappa shape index (κ1) is 22.8. The zero-order valence-electron chi connectivity index (χ0n) is 18.9. The third kappa shape index (κ3) is 4.08. The van der Waals surface area contributed by atoms with Gasteiger partial charge < -0.3 is 19.3 Å². The molecule has 0 bridgehead atoms. The molecule has 2 aliphatic rings. The summed E-state index contributed by atoms with van der Waals surface area (Å²) in [7, 11) is 0. The Morgan fingerprint density at radius 1 is 1.03 bits per heavy atom. The third-order valence-corrected chi connectivity index (χ3v) is 6.18. The van der Waals surface area contributed by atoms with Crippen molar-refractivity contribution >= 4 is 34.7 Å². The molecule has 3 aromatic rings. The average molecular weight is 492 g/mol. The van der Waals surface area contributed by atoms with Gasteiger partial charge in [-0.1, -0.05) is 41.9 Å². The van der Waals surface area contributed by atoms with Crippen molar-refractivity contribution < 1.29 is 28.9 Å². The largest absolute Gasteiger partial charge is 0.507 e. The van der Waals surface area contributed by atoms with E-state index >= 15 is 0 Å². The van der Waals surface area contributed by atoms with Gasteiger partial charge in [0.05, 0.1) is 23.2 Å². The third-order valence-electron chi connectivity index (χ3n) is 5.87. The van der Waals surface area contributed by atoms with Crippen LogP contribution in [-0.4, -0.2) is 36.6 Å². The maximum absolute atomic E-state index is 13.3.